The Balaban J connectivity index is 2.10. The molecule has 2 rings (SSSR count). The zero-order valence-corrected chi connectivity index (χ0v) is 12.9. The predicted octanol–water partition coefficient (Wildman–Crippen LogP) is 1.49. The van der Waals surface area contributed by atoms with E-state index in [4.69, 9.17) is 0 Å². The Morgan fingerprint density at radius 3 is 2.55 bits per heavy atom. The summed E-state index contributed by atoms with van der Waals surface area (Å²) in [6.45, 7) is 1.22. The molecule has 0 saturated carbocycles. The Hall–Kier alpha value is -1.37. The van der Waals surface area contributed by atoms with E-state index >= 15 is 0 Å². The van der Waals surface area contributed by atoms with Crippen molar-refractivity contribution in [1.82, 2.24) is 14.2 Å². The Kier molecular flexibility index (Phi) is 4.47. The average Bonchev–Trinajstić information content (AvgIpc) is 2.82. The number of likely N-dealkylation sites (N-methyl/N-ethyl adjacent to an activating group) is 2. The zero-order chi connectivity index (χ0) is 14.8. The molecule has 1 heterocycles. The molecule has 0 bridgehead atoms. The highest BCUT2D eigenvalue weighted by molar-refractivity contribution is 7.88. The molecule has 1 aromatic carbocycles. The van der Waals surface area contributed by atoms with E-state index in [1.54, 1.807) is 7.05 Å². The fourth-order valence-electron chi connectivity index (χ4n) is 1.99. The van der Waals surface area contributed by atoms with Crippen LogP contribution < -0.4 is 0 Å². The van der Waals surface area contributed by atoms with Gasteiger partial charge in [0, 0.05) is 31.9 Å². The summed E-state index contributed by atoms with van der Waals surface area (Å²) in [5.41, 5.74) is 1.83. The number of aromatic amines is 1. The minimum Gasteiger partial charge on any atom is -0.361 e. The Bertz CT molecular complexity index is 677. The SMILES string of the molecule is CN(C)CCN(C)S(=O)(=O)Cc1ccc2[nH]ccc2c1. The third-order valence-electron chi connectivity index (χ3n) is 3.30. The summed E-state index contributed by atoms with van der Waals surface area (Å²) in [5.74, 6) is 0.0397. The van der Waals surface area contributed by atoms with Crippen LogP contribution in [0.15, 0.2) is 30.5 Å². The van der Waals surface area contributed by atoms with Crippen LogP contribution in [-0.2, 0) is 15.8 Å². The number of rotatable bonds is 6. The number of sulfonamides is 1. The smallest absolute Gasteiger partial charge is 0.218 e. The second kappa shape index (κ2) is 5.95. The standard InChI is InChI=1S/C14H21N3O2S/c1-16(2)8-9-17(3)20(18,19)11-12-4-5-14-13(10-12)6-7-15-14/h4-7,10,15H,8-9,11H2,1-3H3. The van der Waals surface area contributed by atoms with Crippen LogP contribution in [0, 0.1) is 0 Å². The van der Waals surface area contributed by atoms with Gasteiger partial charge >= 0.3 is 0 Å². The van der Waals surface area contributed by atoms with Crippen LogP contribution in [-0.4, -0.2) is 56.8 Å². The maximum atomic E-state index is 12.3. The van der Waals surface area contributed by atoms with Crippen molar-refractivity contribution in [2.75, 3.05) is 34.2 Å². The fraction of sp³-hybridized carbons (Fsp3) is 0.429. The van der Waals surface area contributed by atoms with E-state index in [1.165, 1.54) is 4.31 Å². The van der Waals surface area contributed by atoms with Gasteiger partial charge in [-0.3, -0.25) is 0 Å². The first-order chi connectivity index (χ1) is 9.38. The monoisotopic (exact) mass is 295 g/mol. The van der Waals surface area contributed by atoms with Crippen molar-refractivity contribution >= 4 is 20.9 Å². The van der Waals surface area contributed by atoms with Crippen molar-refractivity contribution in [3.05, 3.63) is 36.0 Å². The van der Waals surface area contributed by atoms with Crippen molar-refractivity contribution in [2.45, 2.75) is 5.75 Å². The van der Waals surface area contributed by atoms with Gasteiger partial charge < -0.3 is 9.88 Å². The molecule has 2 aromatic rings. The molecule has 1 N–H and O–H groups in total. The maximum Gasteiger partial charge on any atom is 0.218 e. The first-order valence-corrected chi connectivity index (χ1v) is 8.14. The van der Waals surface area contributed by atoms with Gasteiger partial charge in [-0.2, -0.15) is 0 Å². The van der Waals surface area contributed by atoms with Gasteiger partial charge in [0.15, 0.2) is 0 Å². The summed E-state index contributed by atoms with van der Waals surface area (Å²) in [7, 11) is 2.23. The van der Waals surface area contributed by atoms with Gasteiger partial charge in [0.05, 0.1) is 5.75 Å². The summed E-state index contributed by atoms with van der Waals surface area (Å²) in [5, 5.41) is 1.04. The molecule has 0 atom stereocenters. The van der Waals surface area contributed by atoms with E-state index in [1.807, 2.05) is 49.5 Å². The van der Waals surface area contributed by atoms with E-state index < -0.39 is 10.0 Å². The number of H-pyrrole nitrogens is 1. The molecule has 0 spiro atoms. The van der Waals surface area contributed by atoms with Crippen molar-refractivity contribution in [3.8, 4) is 0 Å². The van der Waals surface area contributed by atoms with Crippen molar-refractivity contribution < 1.29 is 8.42 Å². The number of benzene rings is 1. The number of fused-ring (bicyclic) bond motifs is 1. The van der Waals surface area contributed by atoms with E-state index in [0.29, 0.717) is 13.1 Å². The Morgan fingerprint density at radius 1 is 1.10 bits per heavy atom. The number of hydrogen-bond acceptors (Lipinski definition) is 3. The summed E-state index contributed by atoms with van der Waals surface area (Å²) in [4.78, 5) is 5.07. The van der Waals surface area contributed by atoms with Crippen LogP contribution in [0.5, 0.6) is 0 Å². The van der Waals surface area contributed by atoms with Gasteiger partial charge in [-0.25, -0.2) is 12.7 Å². The van der Waals surface area contributed by atoms with Gasteiger partial charge in [0.2, 0.25) is 10.0 Å². The highest BCUT2D eigenvalue weighted by atomic mass is 32.2. The Morgan fingerprint density at radius 2 is 1.85 bits per heavy atom. The van der Waals surface area contributed by atoms with E-state index in [9.17, 15) is 8.42 Å². The van der Waals surface area contributed by atoms with Crippen LogP contribution >= 0.6 is 0 Å². The molecule has 1 aromatic heterocycles. The van der Waals surface area contributed by atoms with Crippen LogP contribution in [0.1, 0.15) is 5.56 Å². The van der Waals surface area contributed by atoms with Crippen LogP contribution in [0.2, 0.25) is 0 Å². The third kappa shape index (κ3) is 3.59. The quantitative estimate of drug-likeness (QED) is 0.878. The second-order valence-corrected chi connectivity index (χ2v) is 7.36. The minimum absolute atomic E-state index is 0.0397. The Labute approximate surface area is 120 Å². The number of nitrogens with one attached hydrogen (secondary N) is 1. The van der Waals surface area contributed by atoms with Gasteiger partial charge in [-0.1, -0.05) is 6.07 Å². The lowest BCUT2D eigenvalue weighted by Crippen LogP contribution is -2.34. The van der Waals surface area contributed by atoms with E-state index in [2.05, 4.69) is 4.98 Å². The van der Waals surface area contributed by atoms with Crippen molar-refractivity contribution in [1.29, 1.82) is 0 Å². The van der Waals surface area contributed by atoms with Crippen LogP contribution in [0.3, 0.4) is 0 Å². The lowest BCUT2D eigenvalue weighted by Gasteiger charge is -2.19. The average molecular weight is 295 g/mol. The molecule has 5 nitrogen and oxygen atoms in total. The molecule has 0 aliphatic rings. The molecule has 110 valence electrons. The minimum atomic E-state index is -3.26. The van der Waals surface area contributed by atoms with Gasteiger partial charge in [-0.05, 0) is 43.2 Å². The number of hydrogen-bond donors (Lipinski definition) is 1. The molecular weight excluding hydrogens is 274 g/mol. The van der Waals surface area contributed by atoms with Crippen molar-refractivity contribution in [3.63, 3.8) is 0 Å². The number of nitrogens with zero attached hydrogens (tertiary/aromatic N) is 2. The summed E-state index contributed by atoms with van der Waals surface area (Å²) < 4.78 is 26.0. The normalized spacial score (nSPS) is 12.7. The van der Waals surface area contributed by atoms with Gasteiger partial charge in [0.25, 0.3) is 0 Å². The zero-order valence-electron chi connectivity index (χ0n) is 12.1. The molecule has 0 aliphatic carbocycles. The van der Waals surface area contributed by atoms with Crippen molar-refractivity contribution in [2.24, 2.45) is 0 Å². The molecule has 0 radical (unpaired) electrons. The van der Waals surface area contributed by atoms with E-state index in [0.717, 1.165) is 16.5 Å². The molecular formula is C14H21N3O2S. The lowest BCUT2D eigenvalue weighted by atomic mass is 10.2. The third-order valence-corrected chi connectivity index (χ3v) is 5.13. The topological polar surface area (TPSA) is 56.4 Å². The summed E-state index contributed by atoms with van der Waals surface area (Å²) >= 11 is 0. The summed E-state index contributed by atoms with van der Waals surface area (Å²) in [6, 6.07) is 7.64. The largest absolute Gasteiger partial charge is 0.361 e. The van der Waals surface area contributed by atoms with Crippen LogP contribution in [0.25, 0.3) is 10.9 Å². The first-order valence-electron chi connectivity index (χ1n) is 6.53. The van der Waals surface area contributed by atoms with E-state index in [-0.39, 0.29) is 5.75 Å². The highest BCUT2D eigenvalue weighted by Crippen LogP contribution is 2.17. The van der Waals surface area contributed by atoms with Gasteiger partial charge in [0.1, 0.15) is 0 Å². The predicted molar refractivity (Wildman–Crippen MR) is 82.1 cm³/mol. The highest BCUT2D eigenvalue weighted by Gasteiger charge is 2.18. The molecule has 20 heavy (non-hydrogen) atoms. The second-order valence-electron chi connectivity index (χ2n) is 5.28. The molecule has 0 amide bonds. The molecule has 0 saturated heterocycles. The maximum absolute atomic E-state index is 12.3. The first kappa shape index (κ1) is 15.0. The molecule has 6 heteroatoms. The fourth-order valence-corrected chi connectivity index (χ4v) is 3.17. The van der Waals surface area contributed by atoms with Crippen LogP contribution in [0.4, 0.5) is 0 Å². The lowest BCUT2D eigenvalue weighted by molar-refractivity contribution is 0.358. The van der Waals surface area contributed by atoms with Gasteiger partial charge in [-0.15, -0.1) is 0 Å². The number of aromatic nitrogens is 1. The molecule has 0 unspecified atom stereocenters. The molecule has 0 fully saturated rings. The molecule has 0 aliphatic heterocycles. The summed E-state index contributed by atoms with van der Waals surface area (Å²) in [6.07, 6.45) is 1.85.